The Bertz CT molecular complexity index is 907. The zero-order valence-corrected chi connectivity index (χ0v) is 29.3. The van der Waals surface area contributed by atoms with Gasteiger partial charge in [0.25, 0.3) is 0 Å². The van der Waals surface area contributed by atoms with Crippen LogP contribution in [0.15, 0.2) is 48.6 Å². The molecule has 0 bridgehead atoms. The van der Waals surface area contributed by atoms with Crippen LogP contribution in [-0.2, 0) is 72.8 Å². The maximum Gasteiger partial charge on any atom is 2.00 e. The second-order valence-electron chi connectivity index (χ2n) is 7.36. The van der Waals surface area contributed by atoms with Gasteiger partial charge in [0.15, 0.2) is 0 Å². The molecule has 0 radical (unpaired) electrons. The first-order valence-electron chi connectivity index (χ1n) is 10.6. The topological polar surface area (TPSA) is 43.4 Å². The maximum absolute atomic E-state index is 13.9. The van der Waals surface area contributed by atoms with E-state index in [0.29, 0.717) is 23.7 Å². The van der Waals surface area contributed by atoms with Crippen LogP contribution in [0.5, 0.6) is 5.75 Å². The smallest absolute Gasteiger partial charge is 0.715 e. The van der Waals surface area contributed by atoms with Crippen LogP contribution in [-0.4, -0.2) is 12.6 Å². The van der Waals surface area contributed by atoms with Gasteiger partial charge in [-0.3, -0.25) is 6.29 Å². The molecule has 8 heteroatoms. The molecule has 2 unspecified atom stereocenters. The Balaban J connectivity index is -0.000000901. The predicted octanol–water partition coefficient (Wildman–Crippen LogP) is 6.96. The fraction of sp³-hybridized carbons (Fsp3) is 0.333. The predicted molar refractivity (Wildman–Crippen MR) is 124 cm³/mol. The summed E-state index contributed by atoms with van der Waals surface area (Å²) in [6.07, 6.45) is 11.7. The van der Waals surface area contributed by atoms with Gasteiger partial charge in [-0.1, -0.05) is 44.5 Å². The molecule has 2 aromatic carbocycles. The molecule has 0 saturated carbocycles. The van der Waals surface area contributed by atoms with Gasteiger partial charge in [0, 0.05) is 32.7 Å². The first-order chi connectivity index (χ1) is 15.3. The second-order valence-corrected chi connectivity index (χ2v) is 7.36. The number of rotatable bonds is 10. The molecule has 35 heavy (non-hydrogen) atoms. The number of hydrogen-bond acceptors (Lipinski definition) is 3. The van der Waals surface area contributed by atoms with E-state index in [4.69, 9.17) is 4.74 Å². The Morgan fingerprint density at radius 2 is 1.74 bits per heavy atom. The van der Waals surface area contributed by atoms with Crippen LogP contribution in [0.25, 0.3) is 11.1 Å². The normalized spacial score (nSPS) is 11.7. The average molecular weight is 992 g/mol. The van der Waals surface area contributed by atoms with Gasteiger partial charge in [0.05, 0.1) is 6.29 Å². The number of carbonyl (C=O) groups excluding carboxylic acids is 2. The van der Waals surface area contributed by atoms with Crippen LogP contribution in [0.4, 0.5) is 8.78 Å². The van der Waals surface area contributed by atoms with Crippen molar-refractivity contribution in [1.82, 2.24) is 0 Å². The summed E-state index contributed by atoms with van der Waals surface area (Å²) in [6.45, 7) is 10.0. The van der Waals surface area contributed by atoms with E-state index in [1.54, 1.807) is 18.4 Å². The van der Waals surface area contributed by atoms with E-state index in [1.807, 2.05) is 46.1 Å². The fourth-order valence-corrected chi connectivity index (χ4v) is 2.81. The zero-order valence-electron chi connectivity index (χ0n) is 20.5. The van der Waals surface area contributed by atoms with Crippen LogP contribution >= 0.6 is 0 Å². The van der Waals surface area contributed by atoms with Crippen molar-refractivity contribution in [3.63, 3.8) is 0 Å². The SMILES string of the molecule is CC/C=C\C[C-]=O.C[CH-]C(C)C(C)[C-](C)Oc1ccc(-c2ccc(F)cc2F)cc1[C-]=O.[W+2].[W+2].[W]. The molecule has 0 spiro atoms. The third-order valence-corrected chi connectivity index (χ3v) is 5.16. The summed E-state index contributed by atoms with van der Waals surface area (Å²) < 4.78 is 32.8. The van der Waals surface area contributed by atoms with Crippen LogP contribution in [0.2, 0.25) is 0 Å². The van der Waals surface area contributed by atoms with Gasteiger partial charge in [-0.2, -0.15) is 31.8 Å². The van der Waals surface area contributed by atoms with E-state index in [2.05, 4.69) is 13.3 Å². The van der Waals surface area contributed by atoms with Gasteiger partial charge in [0.1, 0.15) is 11.6 Å². The van der Waals surface area contributed by atoms with E-state index in [0.717, 1.165) is 18.6 Å². The maximum atomic E-state index is 13.9. The van der Waals surface area contributed by atoms with Crippen LogP contribution in [0.3, 0.4) is 0 Å². The van der Waals surface area contributed by atoms with E-state index in [9.17, 15) is 18.4 Å². The van der Waals surface area contributed by atoms with Crippen molar-refractivity contribution in [3.05, 3.63) is 78.3 Å². The molecule has 0 aliphatic rings. The summed E-state index contributed by atoms with van der Waals surface area (Å²) in [5.74, 6) is -0.456. The van der Waals surface area contributed by atoms with Gasteiger partial charge in [0.2, 0.25) is 0 Å². The summed E-state index contributed by atoms with van der Waals surface area (Å²) in [5.41, 5.74) is 0.873. The molecule has 0 heterocycles. The molecule has 2 rings (SSSR count). The Morgan fingerprint density at radius 3 is 2.26 bits per heavy atom. The Hall–Kier alpha value is -0.755. The van der Waals surface area contributed by atoms with E-state index >= 15 is 0 Å². The zero-order chi connectivity index (χ0) is 24.1. The number of halogens is 2. The summed E-state index contributed by atoms with van der Waals surface area (Å²) in [4.78, 5) is 20.8. The average Bonchev–Trinajstić information content (AvgIpc) is 2.79. The molecule has 3 nitrogen and oxygen atoms in total. The molecule has 0 amide bonds. The molecule has 0 fully saturated rings. The first kappa shape index (κ1) is 38.8. The summed E-state index contributed by atoms with van der Waals surface area (Å²) >= 11 is 0. The second kappa shape index (κ2) is 21.3. The van der Waals surface area contributed by atoms with Gasteiger partial charge in [-0.05, 0) is 24.3 Å². The standard InChI is InChI=1S/C21H21F2O2.C6H9O.3W/c1-5-13(2)14(3)15(4)25-21-9-6-16(10-17(21)12-24)19-8-7-18(22)11-20(19)23;1-2-3-4-5-6-7;;;/h5-11,13-14H,1-4H3;3-4H,2,5H2,1H3;;;/q-3;-1;;2*+2/b;4-3-;;;. The molecule has 0 aromatic heterocycles. The molecule has 0 saturated heterocycles. The molecule has 0 aliphatic carbocycles. The van der Waals surface area contributed by atoms with Crippen LogP contribution < -0.4 is 4.74 Å². The van der Waals surface area contributed by atoms with Crippen LogP contribution in [0, 0.1) is 36.0 Å². The number of hydrogen-bond donors (Lipinski definition) is 0. The van der Waals surface area contributed by atoms with Crippen molar-refractivity contribution >= 4 is 12.6 Å². The monoisotopic (exact) mass is 992 g/mol. The number of ether oxygens (including phenoxy) is 1. The summed E-state index contributed by atoms with van der Waals surface area (Å²) in [7, 11) is 0. The van der Waals surface area contributed by atoms with Gasteiger partial charge >= 0.3 is 42.1 Å². The van der Waals surface area contributed by atoms with Gasteiger partial charge in [-0.25, -0.2) is 8.78 Å². The van der Waals surface area contributed by atoms with Gasteiger partial charge in [-0.15, -0.1) is 24.1 Å². The minimum absolute atomic E-state index is 0. The minimum Gasteiger partial charge on any atom is -0.715 e. The Morgan fingerprint density at radius 1 is 1.09 bits per heavy atom. The van der Waals surface area contributed by atoms with Gasteiger partial charge < -0.3 is 20.7 Å². The minimum atomic E-state index is -0.686. The Kier molecular flexibility index (Phi) is 23.6. The van der Waals surface area contributed by atoms with E-state index < -0.39 is 11.6 Å². The quantitative estimate of drug-likeness (QED) is 0.191. The molecule has 2 aromatic rings. The van der Waals surface area contributed by atoms with E-state index in [1.165, 1.54) is 18.2 Å². The van der Waals surface area contributed by atoms with Crippen LogP contribution in [0.1, 0.15) is 53.0 Å². The first-order valence-corrected chi connectivity index (χ1v) is 10.6. The van der Waals surface area contributed by atoms with Crippen molar-refractivity contribution < 1.29 is 86.3 Å². The van der Waals surface area contributed by atoms with Crippen molar-refractivity contribution in [2.24, 2.45) is 11.8 Å². The largest absolute Gasteiger partial charge is 2.00 e. The summed E-state index contributed by atoms with van der Waals surface area (Å²) in [6, 6.07) is 8.07. The molecule has 0 aliphatic heterocycles. The number of benzene rings is 2. The van der Waals surface area contributed by atoms with Crippen molar-refractivity contribution in [2.45, 2.75) is 47.5 Å². The Labute approximate surface area is 251 Å². The van der Waals surface area contributed by atoms with Crippen molar-refractivity contribution in [1.29, 1.82) is 0 Å². The van der Waals surface area contributed by atoms with Crippen molar-refractivity contribution in [3.8, 4) is 16.9 Å². The molecular formula is C27H30F2O3W3. The number of allylic oxidation sites excluding steroid dienone is 2. The third-order valence-electron chi connectivity index (χ3n) is 5.16. The van der Waals surface area contributed by atoms with E-state index in [-0.39, 0.29) is 80.2 Å². The molecule has 0 N–H and O–H groups in total. The molecule has 2 atom stereocenters. The molecule has 188 valence electrons. The molecular weight excluding hydrogens is 962 g/mol. The fourth-order valence-electron chi connectivity index (χ4n) is 2.81. The van der Waals surface area contributed by atoms with Crippen molar-refractivity contribution in [2.75, 3.05) is 0 Å². The third kappa shape index (κ3) is 13.4. The summed E-state index contributed by atoms with van der Waals surface area (Å²) in [5, 5.41) is 0.